The Hall–Kier alpha value is -1.10. The van der Waals surface area contributed by atoms with Crippen molar-refractivity contribution < 1.29 is 56.9 Å². The first kappa shape index (κ1) is 21.6. The van der Waals surface area contributed by atoms with Gasteiger partial charge in [-0.3, -0.25) is 4.79 Å². The number of aliphatic carboxylic acids is 1. The number of carbonyl (C=O) groups excluding carboxylic acids is 2. The number of fused-ring (bicyclic) bond motifs is 2. The number of rotatable bonds is 4. The molecule has 3 atom stereocenters. The molecule has 28 heavy (non-hydrogen) atoms. The van der Waals surface area contributed by atoms with Crippen molar-refractivity contribution in [2.24, 2.45) is 0 Å². The average Bonchev–Trinajstić information content (AvgIpc) is 2.87. The maximum Gasteiger partial charge on any atom is 1.00 e. The van der Waals surface area contributed by atoms with E-state index in [1.54, 1.807) is 32.0 Å². The van der Waals surface area contributed by atoms with Gasteiger partial charge < -0.3 is 14.8 Å². The second-order valence-electron chi connectivity index (χ2n) is 7.06. The Morgan fingerprint density at radius 3 is 2.46 bits per heavy atom. The van der Waals surface area contributed by atoms with Crippen LogP contribution in [0.3, 0.4) is 0 Å². The standard InChI is InChI=1S/C18H17NO6S2.Na/c1-18(2)14(17(21)22)19-15(20)13(16(19)26-18)25-27(23,24)12-8-7-10-5-3-4-6-11(10)9-12;/h3-9,13-14,16H,1-2H3,(H,21,22);/q;+1/p-1/t13-,14+,16-;/m1./s1. The molecule has 2 aromatic rings. The van der Waals surface area contributed by atoms with E-state index in [4.69, 9.17) is 4.18 Å². The summed E-state index contributed by atoms with van der Waals surface area (Å²) in [5.74, 6) is -2.02. The molecule has 1 amide bonds. The van der Waals surface area contributed by atoms with Crippen molar-refractivity contribution in [2.45, 2.75) is 41.0 Å². The molecule has 0 aliphatic carbocycles. The Balaban J connectivity index is 0.00000225. The maximum atomic E-state index is 12.7. The van der Waals surface area contributed by atoms with Crippen molar-refractivity contribution >= 4 is 44.5 Å². The third kappa shape index (κ3) is 3.38. The van der Waals surface area contributed by atoms with Gasteiger partial charge in [0.25, 0.3) is 16.0 Å². The molecule has 142 valence electrons. The largest absolute Gasteiger partial charge is 1.00 e. The Labute approximate surface area is 188 Å². The van der Waals surface area contributed by atoms with Crippen molar-refractivity contribution in [1.29, 1.82) is 0 Å². The zero-order chi connectivity index (χ0) is 19.6. The van der Waals surface area contributed by atoms with Crippen LogP contribution in [0.15, 0.2) is 47.4 Å². The minimum atomic E-state index is -4.18. The normalized spacial score (nSPS) is 25.7. The van der Waals surface area contributed by atoms with Crippen LogP contribution in [0.4, 0.5) is 0 Å². The van der Waals surface area contributed by atoms with Crippen LogP contribution in [0.25, 0.3) is 10.8 Å². The third-order valence-corrected chi connectivity index (χ3v) is 7.69. The molecule has 2 aliphatic heterocycles. The topological polar surface area (TPSA) is 104 Å². The van der Waals surface area contributed by atoms with Gasteiger partial charge in [-0.05, 0) is 36.8 Å². The van der Waals surface area contributed by atoms with Crippen LogP contribution < -0.4 is 34.7 Å². The molecular weight excluding hydrogens is 413 g/mol. The zero-order valence-corrected chi connectivity index (χ0v) is 19.1. The molecule has 0 bridgehead atoms. The summed E-state index contributed by atoms with van der Waals surface area (Å²) in [6, 6.07) is 10.7. The summed E-state index contributed by atoms with van der Waals surface area (Å²) in [7, 11) is -4.18. The Bertz CT molecular complexity index is 1070. The van der Waals surface area contributed by atoms with Gasteiger partial charge in [-0.1, -0.05) is 30.3 Å². The van der Waals surface area contributed by atoms with Crippen molar-refractivity contribution in [3.63, 3.8) is 0 Å². The number of nitrogens with zero attached hydrogens (tertiary/aromatic N) is 1. The molecule has 0 spiro atoms. The first-order valence-electron chi connectivity index (χ1n) is 8.25. The zero-order valence-electron chi connectivity index (χ0n) is 15.5. The van der Waals surface area contributed by atoms with E-state index < -0.39 is 44.3 Å². The molecule has 10 heteroatoms. The number of amides is 1. The number of β-lactam (4-membered cyclic amide) rings is 1. The quantitative estimate of drug-likeness (QED) is 0.307. The minimum absolute atomic E-state index is 0. The van der Waals surface area contributed by atoms with Gasteiger partial charge in [0.2, 0.25) is 0 Å². The maximum absolute atomic E-state index is 12.7. The van der Waals surface area contributed by atoms with E-state index in [2.05, 4.69) is 0 Å². The molecule has 0 unspecified atom stereocenters. The second kappa shape index (κ2) is 7.30. The number of carboxylic acid groups (broad SMARTS) is 1. The van der Waals surface area contributed by atoms with Crippen LogP contribution in [0, 0.1) is 0 Å². The summed E-state index contributed by atoms with van der Waals surface area (Å²) in [5.41, 5.74) is 0. The molecule has 0 aromatic heterocycles. The monoisotopic (exact) mass is 429 g/mol. The van der Waals surface area contributed by atoms with Gasteiger partial charge in [0.1, 0.15) is 5.37 Å². The molecule has 2 fully saturated rings. The number of hydrogen-bond acceptors (Lipinski definition) is 7. The first-order chi connectivity index (χ1) is 12.6. The van der Waals surface area contributed by atoms with Gasteiger partial charge in [-0.25, -0.2) is 4.18 Å². The van der Waals surface area contributed by atoms with Crippen molar-refractivity contribution in [3.8, 4) is 0 Å². The molecule has 2 heterocycles. The fourth-order valence-corrected chi connectivity index (χ4v) is 6.31. The van der Waals surface area contributed by atoms with Crippen molar-refractivity contribution in [3.05, 3.63) is 42.5 Å². The van der Waals surface area contributed by atoms with Gasteiger partial charge >= 0.3 is 29.6 Å². The predicted molar refractivity (Wildman–Crippen MR) is 97.1 cm³/mol. The van der Waals surface area contributed by atoms with Gasteiger partial charge in [-0.2, -0.15) is 8.42 Å². The number of carbonyl (C=O) groups is 2. The van der Waals surface area contributed by atoms with Crippen LogP contribution in [0.5, 0.6) is 0 Å². The molecule has 4 rings (SSSR count). The second-order valence-corrected chi connectivity index (χ2v) is 10.4. The molecule has 2 saturated heterocycles. The summed E-state index contributed by atoms with van der Waals surface area (Å²) in [6.07, 6.45) is -1.24. The number of carboxylic acids is 1. The number of hydrogen-bond donors (Lipinski definition) is 0. The van der Waals surface area contributed by atoms with E-state index in [1.165, 1.54) is 23.9 Å². The van der Waals surface area contributed by atoms with Crippen LogP contribution in [-0.4, -0.2) is 47.5 Å². The molecule has 0 N–H and O–H groups in total. The average molecular weight is 429 g/mol. The smallest absolute Gasteiger partial charge is 0.548 e. The molecule has 7 nitrogen and oxygen atoms in total. The molecule has 0 saturated carbocycles. The van der Waals surface area contributed by atoms with Gasteiger partial charge in [0.05, 0.1) is 16.9 Å². The Morgan fingerprint density at radius 2 is 1.82 bits per heavy atom. The van der Waals surface area contributed by atoms with Gasteiger partial charge in [0, 0.05) is 4.75 Å². The molecule has 2 aliphatic rings. The molecule has 0 radical (unpaired) electrons. The van der Waals surface area contributed by atoms with Crippen LogP contribution in [0.1, 0.15) is 13.8 Å². The van der Waals surface area contributed by atoms with E-state index in [0.29, 0.717) is 0 Å². The van der Waals surface area contributed by atoms with E-state index >= 15 is 0 Å². The van der Waals surface area contributed by atoms with E-state index in [9.17, 15) is 23.1 Å². The Morgan fingerprint density at radius 1 is 1.18 bits per heavy atom. The third-order valence-electron chi connectivity index (χ3n) is 4.86. The summed E-state index contributed by atoms with van der Waals surface area (Å²) in [5, 5.41) is 12.4. The van der Waals surface area contributed by atoms with Gasteiger partial charge in [0.15, 0.2) is 6.10 Å². The van der Waals surface area contributed by atoms with Crippen LogP contribution >= 0.6 is 11.8 Å². The summed E-state index contributed by atoms with van der Waals surface area (Å²) in [4.78, 5) is 24.9. The van der Waals surface area contributed by atoms with Crippen LogP contribution in [0.2, 0.25) is 0 Å². The fourth-order valence-electron chi connectivity index (χ4n) is 3.56. The van der Waals surface area contributed by atoms with Crippen molar-refractivity contribution in [2.75, 3.05) is 0 Å². The molecular formula is C18H16NNaO6S2. The van der Waals surface area contributed by atoms with E-state index in [0.717, 1.165) is 15.7 Å². The Kier molecular flexibility index (Phi) is 5.63. The first-order valence-corrected chi connectivity index (χ1v) is 10.5. The number of thioether (sulfide) groups is 1. The number of benzene rings is 2. The van der Waals surface area contributed by atoms with Crippen molar-refractivity contribution in [1.82, 2.24) is 4.90 Å². The minimum Gasteiger partial charge on any atom is -0.548 e. The van der Waals surface area contributed by atoms with E-state index in [1.807, 2.05) is 12.1 Å². The summed E-state index contributed by atoms with van der Waals surface area (Å²) < 4.78 is 29.7. The van der Waals surface area contributed by atoms with Gasteiger partial charge in [-0.15, -0.1) is 11.8 Å². The SMILES string of the molecule is CC1(C)S[C@@H]2[C@H](OS(=O)(=O)c3ccc4ccccc4c3)C(=O)N2[C@H]1C(=O)[O-].[Na+]. The predicted octanol–water partition coefficient (Wildman–Crippen LogP) is -2.27. The summed E-state index contributed by atoms with van der Waals surface area (Å²) in [6.45, 7) is 3.36. The molecule has 2 aromatic carbocycles. The van der Waals surface area contributed by atoms with E-state index in [-0.39, 0.29) is 34.5 Å². The summed E-state index contributed by atoms with van der Waals surface area (Å²) >= 11 is 1.20. The van der Waals surface area contributed by atoms with Crippen LogP contribution in [-0.2, 0) is 23.9 Å². The fraction of sp³-hybridized carbons (Fsp3) is 0.333.